The van der Waals surface area contributed by atoms with Gasteiger partial charge in [0, 0.05) is 6.42 Å². The summed E-state index contributed by atoms with van der Waals surface area (Å²) >= 11 is 0. The van der Waals surface area contributed by atoms with Crippen LogP contribution in [0.5, 0.6) is 0 Å². The Morgan fingerprint density at radius 3 is 2.44 bits per heavy atom. The largest absolute Gasteiger partial charge is 0.544 e. The molecule has 106 valence electrons. The minimum Gasteiger partial charge on any atom is -0.544 e. The minimum absolute atomic E-state index is 0.852. The Labute approximate surface area is 101 Å². The third kappa shape index (κ3) is 2.78. The van der Waals surface area contributed by atoms with Crippen molar-refractivity contribution in [2.24, 2.45) is 0 Å². The van der Waals surface area contributed by atoms with Crippen LogP contribution in [-0.2, 0) is 9.53 Å². The average molecular weight is 267 g/mol. The van der Waals surface area contributed by atoms with E-state index in [-0.39, 0.29) is 0 Å². The van der Waals surface area contributed by atoms with Gasteiger partial charge in [0.15, 0.2) is 0 Å². The summed E-state index contributed by atoms with van der Waals surface area (Å²) in [6.45, 7) is -0.881. The van der Waals surface area contributed by atoms with Gasteiger partial charge in [-0.25, -0.2) is 0 Å². The zero-order valence-corrected chi connectivity index (χ0v) is 9.21. The molecule has 0 aliphatic carbocycles. The van der Waals surface area contributed by atoms with Gasteiger partial charge in [-0.3, -0.25) is 0 Å². The second-order valence-corrected chi connectivity index (χ2v) is 4.16. The first-order chi connectivity index (χ1) is 8.23. The Morgan fingerprint density at radius 1 is 1.44 bits per heavy atom. The van der Waals surface area contributed by atoms with E-state index in [0.29, 0.717) is 0 Å². The van der Waals surface area contributed by atoms with E-state index in [0.717, 1.165) is 0 Å². The van der Waals surface area contributed by atoms with Gasteiger partial charge in [-0.05, 0) is 0 Å². The summed E-state index contributed by atoms with van der Waals surface area (Å²) in [6, 6.07) is 0. The number of aliphatic hydroxyl groups excluding tert-OH is 5. The highest BCUT2D eigenvalue weighted by Crippen LogP contribution is 2.29. The lowest BCUT2D eigenvalue weighted by Gasteiger charge is -2.44. The smallest absolute Gasteiger partial charge is 0.210 e. The van der Waals surface area contributed by atoms with Gasteiger partial charge >= 0.3 is 0 Å². The van der Waals surface area contributed by atoms with Crippen molar-refractivity contribution in [3.8, 4) is 0 Å². The SMILES string of the molecule is O=C([O-])[C@@]1(O)C[C@H](O)[C@@H](O)[C@H]([C@H](O)[C@H](O)CO)O1. The lowest BCUT2D eigenvalue weighted by atomic mass is 9.91. The predicted molar refractivity (Wildman–Crippen MR) is 50.6 cm³/mol. The van der Waals surface area contributed by atoms with Crippen LogP contribution < -0.4 is 5.11 Å². The molecular weight excluding hydrogens is 252 g/mol. The molecule has 1 aliphatic rings. The predicted octanol–water partition coefficient (Wildman–Crippen LogP) is -5.35. The van der Waals surface area contributed by atoms with Crippen molar-refractivity contribution >= 4 is 5.97 Å². The van der Waals surface area contributed by atoms with Crippen molar-refractivity contribution in [3.05, 3.63) is 0 Å². The molecule has 1 saturated heterocycles. The molecule has 18 heavy (non-hydrogen) atoms. The van der Waals surface area contributed by atoms with Gasteiger partial charge in [-0.2, -0.15) is 0 Å². The van der Waals surface area contributed by atoms with Crippen molar-refractivity contribution in [2.75, 3.05) is 6.61 Å². The highest BCUT2D eigenvalue weighted by atomic mass is 16.7. The topological polar surface area (TPSA) is 171 Å². The summed E-state index contributed by atoms with van der Waals surface area (Å²) in [6.07, 6.45) is -9.71. The molecule has 9 heteroatoms. The Kier molecular flexibility index (Phi) is 4.61. The van der Waals surface area contributed by atoms with Crippen molar-refractivity contribution in [1.82, 2.24) is 0 Å². The highest BCUT2D eigenvalue weighted by Gasteiger charge is 2.49. The summed E-state index contributed by atoms with van der Waals surface area (Å²) < 4.78 is 4.57. The average Bonchev–Trinajstić information content (AvgIpc) is 2.31. The lowest BCUT2D eigenvalue weighted by Crippen LogP contribution is -2.65. The van der Waals surface area contributed by atoms with Gasteiger partial charge < -0.3 is 45.3 Å². The molecular formula is C9H15O9-. The maximum absolute atomic E-state index is 10.7. The molecule has 1 rings (SSSR count). The summed E-state index contributed by atoms with van der Waals surface area (Å²) in [5.74, 6) is -4.94. The van der Waals surface area contributed by atoms with Gasteiger partial charge in [0.25, 0.3) is 0 Å². The van der Waals surface area contributed by atoms with Gasteiger partial charge in [0.05, 0.1) is 12.7 Å². The number of carbonyl (C=O) groups excluding carboxylic acids is 1. The van der Waals surface area contributed by atoms with E-state index in [9.17, 15) is 35.4 Å². The number of hydrogen-bond acceptors (Lipinski definition) is 9. The van der Waals surface area contributed by atoms with Crippen LogP contribution in [0.15, 0.2) is 0 Å². The van der Waals surface area contributed by atoms with E-state index >= 15 is 0 Å². The molecule has 0 saturated carbocycles. The number of aliphatic hydroxyl groups is 6. The van der Waals surface area contributed by atoms with Crippen molar-refractivity contribution in [2.45, 2.75) is 42.7 Å². The second kappa shape index (κ2) is 5.45. The summed E-state index contributed by atoms with van der Waals surface area (Å²) in [4.78, 5) is 10.7. The molecule has 0 radical (unpaired) electrons. The fraction of sp³-hybridized carbons (Fsp3) is 0.889. The molecule has 0 aromatic rings. The number of carboxylic acid groups (broad SMARTS) is 1. The highest BCUT2D eigenvalue weighted by molar-refractivity contribution is 5.73. The molecule has 9 nitrogen and oxygen atoms in total. The van der Waals surface area contributed by atoms with Crippen LogP contribution >= 0.6 is 0 Å². The number of rotatable bonds is 4. The number of ether oxygens (including phenoxy) is 1. The number of carboxylic acids is 1. The van der Waals surface area contributed by atoms with E-state index in [1.54, 1.807) is 0 Å². The number of carbonyl (C=O) groups is 1. The van der Waals surface area contributed by atoms with Crippen LogP contribution in [0, 0.1) is 0 Å². The molecule has 1 heterocycles. The molecule has 0 spiro atoms. The molecule has 0 amide bonds. The van der Waals surface area contributed by atoms with Crippen molar-refractivity contribution in [1.29, 1.82) is 0 Å². The molecule has 0 bridgehead atoms. The molecule has 1 aliphatic heterocycles. The Balaban J connectivity index is 2.92. The van der Waals surface area contributed by atoms with Gasteiger partial charge in [-0.15, -0.1) is 0 Å². The minimum atomic E-state index is -2.89. The van der Waals surface area contributed by atoms with Gasteiger partial charge in [-0.1, -0.05) is 0 Å². The fourth-order valence-electron chi connectivity index (χ4n) is 1.70. The maximum Gasteiger partial charge on any atom is 0.210 e. The molecule has 0 aromatic carbocycles. The summed E-state index contributed by atoms with van der Waals surface area (Å²) in [7, 11) is 0. The van der Waals surface area contributed by atoms with Gasteiger partial charge in [0.2, 0.25) is 5.79 Å². The van der Waals surface area contributed by atoms with E-state index < -0.39 is 55.3 Å². The summed E-state index contributed by atoms with van der Waals surface area (Å²) in [5.41, 5.74) is 0. The monoisotopic (exact) mass is 267 g/mol. The second-order valence-electron chi connectivity index (χ2n) is 4.16. The lowest BCUT2D eigenvalue weighted by molar-refractivity contribution is -0.380. The van der Waals surface area contributed by atoms with Crippen molar-refractivity contribution < 1.29 is 45.3 Å². The zero-order valence-electron chi connectivity index (χ0n) is 9.21. The van der Waals surface area contributed by atoms with Crippen LogP contribution in [0.2, 0.25) is 0 Å². The van der Waals surface area contributed by atoms with Crippen molar-refractivity contribution in [3.63, 3.8) is 0 Å². The maximum atomic E-state index is 10.7. The Morgan fingerprint density at radius 2 is 2.00 bits per heavy atom. The van der Waals surface area contributed by atoms with E-state index in [4.69, 9.17) is 5.11 Å². The van der Waals surface area contributed by atoms with Crippen LogP contribution in [-0.4, -0.2) is 79.5 Å². The van der Waals surface area contributed by atoms with Crippen LogP contribution in [0.1, 0.15) is 6.42 Å². The van der Waals surface area contributed by atoms with Crippen LogP contribution in [0.4, 0.5) is 0 Å². The molecule has 0 aromatic heterocycles. The summed E-state index contributed by atoms with van der Waals surface area (Å²) in [5, 5.41) is 66.4. The Bertz CT molecular complexity index is 308. The first-order valence-electron chi connectivity index (χ1n) is 5.17. The number of aliphatic carboxylic acids is 1. The number of hydrogen-bond donors (Lipinski definition) is 6. The Hall–Kier alpha value is -0.810. The fourth-order valence-corrected chi connectivity index (χ4v) is 1.70. The first-order valence-corrected chi connectivity index (χ1v) is 5.17. The molecule has 0 unspecified atom stereocenters. The molecule has 6 N–H and O–H groups in total. The van der Waals surface area contributed by atoms with Crippen LogP contribution in [0.3, 0.4) is 0 Å². The molecule has 1 fully saturated rings. The quantitative estimate of drug-likeness (QED) is 0.291. The third-order valence-electron chi connectivity index (χ3n) is 2.78. The van der Waals surface area contributed by atoms with E-state index in [2.05, 4.69) is 4.74 Å². The van der Waals surface area contributed by atoms with E-state index in [1.165, 1.54) is 0 Å². The first kappa shape index (κ1) is 15.2. The van der Waals surface area contributed by atoms with Crippen LogP contribution in [0.25, 0.3) is 0 Å². The zero-order chi connectivity index (χ0) is 14.1. The molecule has 6 atom stereocenters. The standard InChI is InChI=1S/C9H16O9/c10-2-4(12)6(14)7-5(13)3(11)1-9(17,18-7)8(15)16/h3-7,10-14,17H,1-2H2,(H,15,16)/p-1/t3-,4+,5+,6+,7+,9+/m0/s1. The van der Waals surface area contributed by atoms with Gasteiger partial charge in [0.1, 0.15) is 30.4 Å². The third-order valence-corrected chi connectivity index (χ3v) is 2.78. The normalized spacial score (nSPS) is 40.2. The van der Waals surface area contributed by atoms with E-state index in [1.807, 2.05) is 0 Å².